The average molecular weight is 368 g/mol. The molecule has 1 fully saturated rings. The highest BCUT2D eigenvalue weighted by Gasteiger charge is 2.45. The Balaban J connectivity index is 2.11. The minimum absolute atomic E-state index is 0.0159. The third kappa shape index (κ3) is 3.96. The SMILES string of the molecule is O=C(NC1CCCCC1C(F)(F)F)c1ccc(Br)c(F)c1. The van der Waals surface area contributed by atoms with Crippen molar-refractivity contribution in [2.24, 2.45) is 5.92 Å². The summed E-state index contributed by atoms with van der Waals surface area (Å²) in [5.41, 5.74) is 0.0159. The molecule has 0 radical (unpaired) electrons. The number of hydrogen-bond donors (Lipinski definition) is 1. The van der Waals surface area contributed by atoms with E-state index >= 15 is 0 Å². The first-order chi connectivity index (χ1) is 9.79. The van der Waals surface area contributed by atoms with Crippen LogP contribution in [0.1, 0.15) is 36.0 Å². The Morgan fingerprint density at radius 3 is 2.52 bits per heavy atom. The molecule has 0 heterocycles. The van der Waals surface area contributed by atoms with Gasteiger partial charge in [0.05, 0.1) is 10.4 Å². The molecule has 0 spiro atoms. The summed E-state index contributed by atoms with van der Waals surface area (Å²) in [4.78, 5) is 12.0. The number of hydrogen-bond acceptors (Lipinski definition) is 1. The molecule has 1 N–H and O–H groups in total. The number of amides is 1. The summed E-state index contributed by atoms with van der Waals surface area (Å²) >= 11 is 2.96. The van der Waals surface area contributed by atoms with E-state index in [1.165, 1.54) is 12.1 Å². The summed E-state index contributed by atoms with van der Waals surface area (Å²) in [6.07, 6.45) is -2.88. The molecule has 7 heteroatoms. The van der Waals surface area contributed by atoms with Gasteiger partial charge in [-0.25, -0.2) is 4.39 Å². The molecule has 1 aromatic rings. The van der Waals surface area contributed by atoms with E-state index in [1.807, 2.05) is 0 Å². The van der Waals surface area contributed by atoms with Gasteiger partial charge < -0.3 is 5.32 Å². The topological polar surface area (TPSA) is 29.1 Å². The van der Waals surface area contributed by atoms with Crippen LogP contribution in [0.3, 0.4) is 0 Å². The fourth-order valence-electron chi connectivity index (χ4n) is 2.58. The molecule has 0 aromatic heterocycles. The lowest BCUT2D eigenvalue weighted by Crippen LogP contribution is -2.47. The highest BCUT2D eigenvalue weighted by Crippen LogP contribution is 2.37. The van der Waals surface area contributed by atoms with Crippen LogP contribution in [0, 0.1) is 11.7 Å². The number of halogens is 5. The predicted octanol–water partition coefficient (Wildman–Crippen LogP) is 4.44. The lowest BCUT2D eigenvalue weighted by atomic mass is 9.84. The van der Waals surface area contributed by atoms with Crippen LogP contribution in [0.2, 0.25) is 0 Å². The molecule has 21 heavy (non-hydrogen) atoms. The molecule has 0 saturated heterocycles. The summed E-state index contributed by atoms with van der Waals surface area (Å²) in [5.74, 6) is -2.84. The second kappa shape index (κ2) is 6.34. The van der Waals surface area contributed by atoms with Crippen molar-refractivity contribution >= 4 is 21.8 Å². The van der Waals surface area contributed by atoms with E-state index in [4.69, 9.17) is 0 Å². The lowest BCUT2D eigenvalue weighted by Gasteiger charge is -2.33. The van der Waals surface area contributed by atoms with E-state index in [-0.39, 0.29) is 22.9 Å². The van der Waals surface area contributed by atoms with Gasteiger partial charge in [0.15, 0.2) is 0 Å². The monoisotopic (exact) mass is 367 g/mol. The van der Waals surface area contributed by atoms with Gasteiger partial charge in [-0.05, 0) is 47.0 Å². The van der Waals surface area contributed by atoms with Gasteiger partial charge >= 0.3 is 6.18 Å². The van der Waals surface area contributed by atoms with Crippen molar-refractivity contribution in [3.05, 3.63) is 34.1 Å². The molecule has 1 saturated carbocycles. The van der Waals surface area contributed by atoms with Gasteiger partial charge in [-0.1, -0.05) is 12.8 Å². The zero-order valence-electron chi connectivity index (χ0n) is 11.0. The van der Waals surface area contributed by atoms with Crippen molar-refractivity contribution in [3.8, 4) is 0 Å². The standard InChI is InChI=1S/C14H14BrF4NO/c15-10-6-5-8(7-11(10)16)13(21)20-12-4-2-1-3-9(12)14(17,18)19/h5-7,9,12H,1-4H2,(H,20,21). The van der Waals surface area contributed by atoms with Gasteiger partial charge in [0.25, 0.3) is 5.91 Å². The van der Waals surface area contributed by atoms with Crippen molar-refractivity contribution in [1.29, 1.82) is 0 Å². The quantitative estimate of drug-likeness (QED) is 0.769. The molecular formula is C14H14BrF4NO. The Morgan fingerprint density at radius 2 is 1.90 bits per heavy atom. The maximum atomic E-state index is 13.4. The summed E-state index contributed by atoms with van der Waals surface area (Å²) in [6, 6.07) is 2.78. The Labute approximate surface area is 128 Å². The van der Waals surface area contributed by atoms with Crippen LogP contribution >= 0.6 is 15.9 Å². The smallest absolute Gasteiger partial charge is 0.349 e. The third-order valence-corrected chi connectivity index (χ3v) is 4.33. The van der Waals surface area contributed by atoms with E-state index < -0.39 is 29.9 Å². The van der Waals surface area contributed by atoms with Crippen LogP contribution in [0.25, 0.3) is 0 Å². The van der Waals surface area contributed by atoms with Gasteiger partial charge in [0.1, 0.15) is 5.82 Å². The van der Waals surface area contributed by atoms with Crippen molar-refractivity contribution < 1.29 is 22.4 Å². The van der Waals surface area contributed by atoms with Crippen molar-refractivity contribution in [1.82, 2.24) is 5.32 Å². The minimum Gasteiger partial charge on any atom is -0.349 e. The van der Waals surface area contributed by atoms with Crippen LogP contribution in [-0.2, 0) is 0 Å². The van der Waals surface area contributed by atoms with Crippen LogP contribution in [0.4, 0.5) is 17.6 Å². The summed E-state index contributed by atoms with van der Waals surface area (Å²) in [7, 11) is 0. The number of carbonyl (C=O) groups excluding carboxylic acids is 1. The molecule has 2 rings (SSSR count). The van der Waals surface area contributed by atoms with E-state index in [2.05, 4.69) is 21.2 Å². The molecule has 1 aromatic carbocycles. The molecule has 2 nitrogen and oxygen atoms in total. The highest BCUT2D eigenvalue weighted by atomic mass is 79.9. The van der Waals surface area contributed by atoms with Crippen molar-refractivity contribution in [2.75, 3.05) is 0 Å². The molecule has 1 aliphatic carbocycles. The van der Waals surface area contributed by atoms with Gasteiger partial charge in [0.2, 0.25) is 0 Å². The van der Waals surface area contributed by atoms with Gasteiger partial charge in [-0.15, -0.1) is 0 Å². The Kier molecular flexibility index (Phi) is 4.91. The van der Waals surface area contributed by atoms with Gasteiger partial charge in [-0.2, -0.15) is 13.2 Å². The molecule has 0 bridgehead atoms. The summed E-state index contributed by atoms with van der Waals surface area (Å²) in [6.45, 7) is 0. The Hall–Kier alpha value is -1.11. The highest BCUT2D eigenvalue weighted by molar-refractivity contribution is 9.10. The normalized spacial score (nSPS) is 22.9. The fraction of sp³-hybridized carbons (Fsp3) is 0.500. The number of carbonyl (C=O) groups is 1. The van der Waals surface area contributed by atoms with E-state index in [0.717, 1.165) is 6.07 Å². The fourth-order valence-corrected chi connectivity index (χ4v) is 2.83. The zero-order chi connectivity index (χ0) is 15.6. The number of rotatable bonds is 2. The largest absolute Gasteiger partial charge is 0.393 e. The first kappa shape index (κ1) is 16.3. The zero-order valence-corrected chi connectivity index (χ0v) is 12.6. The Morgan fingerprint density at radius 1 is 1.24 bits per heavy atom. The van der Waals surface area contributed by atoms with Gasteiger partial charge in [-0.3, -0.25) is 4.79 Å². The van der Waals surface area contributed by atoms with Crippen molar-refractivity contribution in [2.45, 2.75) is 37.9 Å². The third-order valence-electron chi connectivity index (χ3n) is 3.68. The predicted molar refractivity (Wildman–Crippen MR) is 73.4 cm³/mol. The molecule has 116 valence electrons. The summed E-state index contributed by atoms with van der Waals surface area (Å²) in [5, 5.41) is 2.40. The van der Waals surface area contributed by atoms with E-state index in [0.29, 0.717) is 12.8 Å². The van der Waals surface area contributed by atoms with E-state index in [9.17, 15) is 22.4 Å². The van der Waals surface area contributed by atoms with Gasteiger partial charge in [0, 0.05) is 11.6 Å². The maximum absolute atomic E-state index is 13.4. The second-order valence-electron chi connectivity index (χ2n) is 5.14. The molecule has 2 unspecified atom stereocenters. The first-order valence-electron chi connectivity index (χ1n) is 6.61. The molecular weight excluding hydrogens is 354 g/mol. The van der Waals surface area contributed by atoms with Crippen LogP contribution in [0.15, 0.2) is 22.7 Å². The molecule has 1 aliphatic rings. The maximum Gasteiger partial charge on any atom is 0.393 e. The van der Waals surface area contributed by atoms with Crippen LogP contribution < -0.4 is 5.32 Å². The minimum atomic E-state index is -4.33. The second-order valence-corrected chi connectivity index (χ2v) is 6.00. The molecule has 2 atom stereocenters. The summed E-state index contributed by atoms with van der Waals surface area (Å²) < 4.78 is 52.4. The number of nitrogens with one attached hydrogen (secondary N) is 1. The number of alkyl halides is 3. The average Bonchev–Trinajstić information content (AvgIpc) is 2.41. The molecule has 0 aliphatic heterocycles. The van der Waals surface area contributed by atoms with Crippen LogP contribution in [-0.4, -0.2) is 18.1 Å². The van der Waals surface area contributed by atoms with Crippen molar-refractivity contribution in [3.63, 3.8) is 0 Å². The first-order valence-corrected chi connectivity index (χ1v) is 7.41. The lowest BCUT2D eigenvalue weighted by molar-refractivity contribution is -0.187. The molecule has 1 amide bonds. The van der Waals surface area contributed by atoms with Crippen LogP contribution in [0.5, 0.6) is 0 Å². The number of benzene rings is 1. The van der Waals surface area contributed by atoms with E-state index in [1.54, 1.807) is 0 Å². The Bertz CT molecular complexity index is 532.